The van der Waals surface area contributed by atoms with Crippen LogP contribution in [0.5, 0.6) is 5.75 Å². The minimum absolute atomic E-state index is 0.0526. The Kier molecular flexibility index (Phi) is 6.33. The van der Waals surface area contributed by atoms with Gasteiger partial charge in [-0.3, -0.25) is 9.69 Å². The van der Waals surface area contributed by atoms with Gasteiger partial charge in [0.25, 0.3) is 5.91 Å². The zero-order valence-electron chi connectivity index (χ0n) is 19.4. The highest BCUT2D eigenvalue weighted by Gasteiger charge is 2.24. The number of fused-ring (bicyclic) bond motifs is 1. The van der Waals surface area contributed by atoms with Crippen molar-refractivity contribution in [1.29, 1.82) is 0 Å². The van der Waals surface area contributed by atoms with Crippen LogP contribution >= 0.6 is 0 Å². The number of hydrogen-bond donors (Lipinski definition) is 2. The predicted octanol–water partition coefficient (Wildman–Crippen LogP) is 3.46. The number of amides is 1. The number of aryl methyl sites for hydroxylation is 1. The van der Waals surface area contributed by atoms with Gasteiger partial charge in [-0.25, -0.2) is 4.39 Å². The third kappa shape index (κ3) is 4.54. The number of aromatic nitrogens is 2. The summed E-state index contributed by atoms with van der Waals surface area (Å²) in [6, 6.07) is 9.01. The Bertz CT molecular complexity index is 1190. The maximum Gasteiger partial charge on any atom is 0.271 e. The summed E-state index contributed by atoms with van der Waals surface area (Å²) < 4.78 is 20.3. The molecule has 4 rings (SSSR count). The number of piperazine rings is 1. The van der Waals surface area contributed by atoms with Crippen LogP contribution in [-0.2, 0) is 0 Å². The van der Waals surface area contributed by atoms with Crippen molar-refractivity contribution in [2.24, 2.45) is 5.73 Å². The molecule has 1 amide bonds. The minimum Gasteiger partial charge on any atom is -0.495 e. The van der Waals surface area contributed by atoms with Crippen molar-refractivity contribution in [3.8, 4) is 5.75 Å². The quantitative estimate of drug-likeness (QED) is 0.591. The molecule has 2 aromatic carbocycles. The van der Waals surface area contributed by atoms with Crippen molar-refractivity contribution in [2.75, 3.05) is 43.5 Å². The van der Waals surface area contributed by atoms with Gasteiger partial charge < -0.3 is 20.7 Å². The number of halogens is 1. The first-order chi connectivity index (χ1) is 15.8. The summed E-state index contributed by atoms with van der Waals surface area (Å²) in [5, 5.41) is 11.8. The molecule has 174 valence electrons. The summed E-state index contributed by atoms with van der Waals surface area (Å²) >= 11 is 0. The zero-order valence-corrected chi connectivity index (χ0v) is 19.4. The summed E-state index contributed by atoms with van der Waals surface area (Å²) in [5.41, 5.74) is 8.26. The highest BCUT2D eigenvalue weighted by molar-refractivity contribution is 6.07. The molecule has 0 spiro atoms. The van der Waals surface area contributed by atoms with E-state index in [2.05, 4.69) is 39.2 Å². The molecule has 1 aliphatic heterocycles. The predicted molar refractivity (Wildman–Crippen MR) is 128 cm³/mol. The molecule has 1 aliphatic rings. The molecular weight excluding hydrogens is 423 g/mol. The molecule has 0 bridgehead atoms. The lowest BCUT2D eigenvalue weighted by Crippen LogP contribution is -2.49. The largest absolute Gasteiger partial charge is 0.495 e. The number of methoxy groups -OCH3 is 1. The number of carbonyl (C=O) groups is 1. The first-order valence-corrected chi connectivity index (χ1v) is 11.0. The lowest BCUT2D eigenvalue weighted by Gasteiger charge is -2.38. The molecule has 0 unspecified atom stereocenters. The van der Waals surface area contributed by atoms with E-state index in [9.17, 15) is 9.18 Å². The fourth-order valence-corrected chi connectivity index (χ4v) is 4.17. The van der Waals surface area contributed by atoms with Crippen LogP contribution < -0.4 is 20.7 Å². The molecule has 3 aromatic rings. The van der Waals surface area contributed by atoms with Crippen molar-refractivity contribution in [2.45, 2.75) is 26.8 Å². The Morgan fingerprint density at radius 2 is 1.88 bits per heavy atom. The van der Waals surface area contributed by atoms with Gasteiger partial charge in [-0.15, -0.1) is 10.2 Å². The molecule has 0 aliphatic carbocycles. The fourth-order valence-electron chi connectivity index (χ4n) is 4.17. The van der Waals surface area contributed by atoms with Crippen LogP contribution in [-0.4, -0.2) is 60.3 Å². The van der Waals surface area contributed by atoms with Gasteiger partial charge in [0.1, 0.15) is 11.6 Å². The maximum absolute atomic E-state index is 14.6. The smallest absolute Gasteiger partial charge is 0.271 e. The van der Waals surface area contributed by atoms with Gasteiger partial charge in [0, 0.05) is 43.7 Å². The van der Waals surface area contributed by atoms with Gasteiger partial charge in [-0.1, -0.05) is 6.07 Å². The lowest BCUT2D eigenvalue weighted by molar-refractivity contribution is 0.0995. The lowest BCUT2D eigenvalue weighted by atomic mass is 10.1. The second-order valence-corrected chi connectivity index (χ2v) is 8.55. The molecule has 0 radical (unpaired) electrons. The van der Waals surface area contributed by atoms with Crippen molar-refractivity contribution in [1.82, 2.24) is 15.1 Å². The first kappa shape index (κ1) is 22.7. The monoisotopic (exact) mass is 452 g/mol. The average molecular weight is 453 g/mol. The fraction of sp³-hybridized carbons (Fsp3) is 0.375. The Hall–Kier alpha value is -3.46. The van der Waals surface area contributed by atoms with Crippen LogP contribution in [0.15, 0.2) is 30.3 Å². The number of nitrogens with two attached hydrogens (primary N) is 1. The summed E-state index contributed by atoms with van der Waals surface area (Å²) in [7, 11) is 1.61. The van der Waals surface area contributed by atoms with Gasteiger partial charge in [0.05, 0.1) is 29.7 Å². The number of hydrogen-bond acceptors (Lipinski definition) is 7. The van der Waals surface area contributed by atoms with Crippen LogP contribution in [0, 0.1) is 12.7 Å². The van der Waals surface area contributed by atoms with Gasteiger partial charge in [0.2, 0.25) is 0 Å². The molecule has 1 fully saturated rings. The number of ether oxygens (including phenoxy) is 1. The first-order valence-electron chi connectivity index (χ1n) is 11.0. The summed E-state index contributed by atoms with van der Waals surface area (Å²) in [5.74, 6) is -0.523. The maximum atomic E-state index is 14.6. The highest BCUT2D eigenvalue weighted by Crippen LogP contribution is 2.38. The molecule has 1 aromatic heterocycles. The SMILES string of the molecule is COc1cc2nnc(C(N)=O)c(Nc3ccc(C)cc3F)c2cc1N1CCN(C(C)C)CC1. The molecule has 33 heavy (non-hydrogen) atoms. The van der Waals surface area contributed by atoms with Crippen molar-refractivity contribution in [3.05, 3.63) is 47.4 Å². The molecule has 9 heteroatoms. The minimum atomic E-state index is -0.748. The number of primary amides is 1. The zero-order chi connectivity index (χ0) is 23.7. The van der Waals surface area contributed by atoms with E-state index >= 15 is 0 Å². The molecular formula is C24H29FN6O2. The molecule has 8 nitrogen and oxygen atoms in total. The number of nitrogens with zero attached hydrogens (tertiary/aromatic N) is 4. The highest BCUT2D eigenvalue weighted by atomic mass is 19.1. The van der Waals surface area contributed by atoms with Crippen LogP contribution in [0.25, 0.3) is 10.9 Å². The van der Waals surface area contributed by atoms with E-state index in [1.807, 2.05) is 13.0 Å². The number of anilines is 3. The summed E-state index contributed by atoms with van der Waals surface area (Å²) in [6.07, 6.45) is 0. The van der Waals surface area contributed by atoms with E-state index in [0.717, 1.165) is 37.4 Å². The third-order valence-electron chi connectivity index (χ3n) is 6.06. The van der Waals surface area contributed by atoms with E-state index in [0.29, 0.717) is 28.4 Å². The van der Waals surface area contributed by atoms with Crippen LogP contribution in [0.2, 0.25) is 0 Å². The second-order valence-electron chi connectivity index (χ2n) is 8.55. The van der Waals surface area contributed by atoms with Gasteiger partial charge in [-0.2, -0.15) is 0 Å². The number of benzene rings is 2. The molecule has 0 atom stereocenters. The topological polar surface area (TPSA) is 96.6 Å². The number of nitrogens with one attached hydrogen (secondary N) is 1. The van der Waals surface area contributed by atoms with E-state index in [1.54, 1.807) is 25.3 Å². The van der Waals surface area contributed by atoms with Crippen molar-refractivity contribution >= 4 is 33.9 Å². The van der Waals surface area contributed by atoms with E-state index in [-0.39, 0.29) is 11.4 Å². The Balaban J connectivity index is 1.82. The van der Waals surface area contributed by atoms with Gasteiger partial charge >= 0.3 is 0 Å². The molecule has 2 heterocycles. The van der Waals surface area contributed by atoms with E-state index in [1.165, 1.54) is 6.07 Å². The third-order valence-corrected chi connectivity index (χ3v) is 6.06. The van der Waals surface area contributed by atoms with Crippen LogP contribution in [0.4, 0.5) is 21.5 Å². The van der Waals surface area contributed by atoms with Crippen molar-refractivity contribution in [3.63, 3.8) is 0 Å². The Morgan fingerprint density at radius 3 is 2.48 bits per heavy atom. The normalized spacial score (nSPS) is 14.7. The van der Waals surface area contributed by atoms with Gasteiger partial charge in [0.15, 0.2) is 5.69 Å². The van der Waals surface area contributed by atoms with E-state index in [4.69, 9.17) is 10.5 Å². The molecule has 0 saturated carbocycles. The average Bonchev–Trinajstić information content (AvgIpc) is 2.79. The molecule has 3 N–H and O–H groups in total. The summed E-state index contributed by atoms with van der Waals surface area (Å²) in [4.78, 5) is 16.8. The number of carbonyl (C=O) groups excluding carboxylic acids is 1. The Labute approximate surface area is 192 Å². The van der Waals surface area contributed by atoms with Gasteiger partial charge in [-0.05, 0) is 44.5 Å². The molecule has 1 saturated heterocycles. The second kappa shape index (κ2) is 9.19. The van der Waals surface area contributed by atoms with E-state index < -0.39 is 11.7 Å². The standard InChI is InChI=1S/C24H29FN6O2/c1-14(2)30-7-9-31(10-8-30)20-12-16-19(13-21(20)33-4)28-29-23(24(26)32)22(16)27-18-6-5-15(3)11-17(18)25/h5-6,11-14H,7-10H2,1-4H3,(H2,26,32)(H,27,28). The summed E-state index contributed by atoms with van der Waals surface area (Å²) in [6.45, 7) is 9.71. The van der Waals surface area contributed by atoms with Crippen LogP contribution in [0.1, 0.15) is 29.9 Å². The van der Waals surface area contributed by atoms with Crippen LogP contribution in [0.3, 0.4) is 0 Å². The van der Waals surface area contributed by atoms with Crippen molar-refractivity contribution < 1.29 is 13.9 Å². The number of rotatable bonds is 6. The Morgan fingerprint density at radius 1 is 1.15 bits per heavy atom.